The zero-order chi connectivity index (χ0) is 11.4. The number of hydrogen-bond donors (Lipinski definition) is 1. The minimum Gasteiger partial charge on any atom is -0.314 e. The fourth-order valence-corrected chi connectivity index (χ4v) is 2.92. The van der Waals surface area contributed by atoms with E-state index in [0.29, 0.717) is 0 Å². The summed E-state index contributed by atoms with van der Waals surface area (Å²) in [6.45, 7) is 5.48. The molecule has 0 radical (unpaired) electrons. The van der Waals surface area contributed by atoms with Crippen molar-refractivity contribution in [3.8, 4) is 0 Å². The molecule has 2 nitrogen and oxygen atoms in total. The first-order valence-electron chi connectivity index (χ1n) is 6.44. The number of hydrogen-bond acceptors (Lipinski definition) is 3. The third-order valence-corrected chi connectivity index (χ3v) is 4.21. The van der Waals surface area contributed by atoms with Crippen LogP contribution < -0.4 is 5.32 Å². The number of rotatable bonds is 7. The number of aryl methyl sites for hydroxylation is 2. The van der Waals surface area contributed by atoms with Gasteiger partial charge in [0.25, 0.3) is 0 Å². The number of nitrogens with one attached hydrogen (secondary N) is 1. The van der Waals surface area contributed by atoms with Crippen LogP contribution in [0.4, 0.5) is 0 Å². The molecule has 0 spiro atoms. The number of nitrogens with zero attached hydrogens (tertiary/aromatic N) is 1. The molecular weight excluding hydrogens is 216 g/mol. The molecule has 16 heavy (non-hydrogen) atoms. The molecule has 1 unspecified atom stereocenters. The summed E-state index contributed by atoms with van der Waals surface area (Å²) in [7, 11) is 0. The van der Waals surface area contributed by atoms with Gasteiger partial charge in [-0.05, 0) is 45.1 Å². The average Bonchev–Trinajstić information content (AvgIpc) is 3.03. The minimum atomic E-state index is 0.740. The molecule has 3 heteroatoms. The van der Waals surface area contributed by atoms with Crippen molar-refractivity contribution in [1.29, 1.82) is 0 Å². The lowest BCUT2D eigenvalue weighted by atomic mass is 10.1. The van der Waals surface area contributed by atoms with Gasteiger partial charge in [0.2, 0.25) is 0 Å². The van der Waals surface area contributed by atoms with Gasteiger partial charge < -0.3 is 5.32 Å². The van der Waals surface area contributed by atoms with Gasteiger partial charge >= 0.3 is 0 Å². The molecule has 1 aliphatic rings. The van der Waals surface area contributed by atoms with Crippen LogP contribution in [0.25, 0.3) is 0 Å². The Balaban J connectivity index is 1.77. The molecule has 1 aromatic rings. The molecule has 1 aliphatic carbocycles. The van der Waals surface area contributed by atoms with Crippen molar-refractivity contribution in [2.24, 2.45) is 5.92 Å². The van der Waals surface area contributed by atoms with E-state index in [1.54, 1.807) is 0 Å². The second kappa shape index (κ2) is 5.78. The van der Waals surface area contributed by atoms with Crippen LogP contribution in [-0.2, 0) is 6.42 Å². The molecule has 1 saturated carbocycles. The summed E-state index contributed by atoms with van der Waals surface area (Å²) in [4.78, 5) is 4.53. The van der Waals surface area contributed by atoms with E-state index < -0.39 is 0 Å². The molecule has 1 atom stereocenters. The van der Waals surface area contributed by atoms with Crippen molar-refractivity contribution in [3.05, 3.63) is 16.1 Å². The number of aromatic nitrogens is 1. The normalized spacial score (nSPS) is 17.6. The largest absolute Gasteiger partial charge is 0.314 e. The summed E-state index contributed by atoms with van der Waals surface area (Å²) < 4.78 is 0. The van der Waals surface area contributed by atoms with Crippen molar-refractivity contribution in [2.75, 3.05) is 6.54 Å². The van der Waals surface area contributed by atoms with Gasteiger partial charge in [-0.15, -0.1) is 11.3 Å². The summed E-state index contributed by atoms with van der Waals surface area (Å²) in [6.07, 6.45) is 6.50. The lowest BCUT2D eigenvalue weighted by molar-refractivity contribution is 0.435. The van der Waals surface area contributed by atoms with Gasteiger partial charge in [-0.25, -0.2) is 4.98 Å². The second-order valence-electron chi connectivity index (χ2n) is 4.82. The van der Waals surface area contributed by atoms with Crippen LogP contribution in [-0.4, -0.2) is 17.6 Å². The first-order chi connectivity index (χ1) is 7.79. The van der Waals surface area contributed by atoms with Gasteiger partial charge in [-0.2, -0.15) is 0 Å². The Kier molecular flexibility index (Phi) is 4.36. The quantitative estimate of drug-likeness (QED) is 0.789. The predicted molar refractivity (Wildman–Crippen MR) is 70.0 cm³/mol. The van der Waals surface area contributed by atoms with E-state index >= 15 is 0 Å². The van der Waals surface area contributed by atoms with Crippen LogP contribution in [0.5, 0.6) is 0 Å². The van der Waals surface area contributed by atoms with E-state index in [1.165, 1.54) is 36.4 Å². The Morgan fingerprint density at radius 3 is 2.94 bits per heavy atom. The lowest BCUT2D eigenvalue weighted by Crippen LogP contribution is -2.32. The summed E-state index contributed by atoms with van der Waals surface area (Å²) in [5.41, 5.74) is 1.17. The SMILES string of the molecule is CCCNC(CCc1nc(C)cs1)C1CC1. The molecule has 1 N–H and O–H groups in total. The van der Waals surface area contributed by atoms with Crippen LogP contribution in [0.2, 0.25) is 0 Å². The van der Waals surface area contributed by atoms with Crippen molar-refractivity contribution < 1.29 is 0 Å². The third-order valence-electron chi connectivity index (χ3n) is 3.18. The lowest BCUT2D eigenvalue weighted by Gasteiger charge is -2.17. The highest BCUT2D eigenvalue weighted by Gasteiger charge is 2.30. The Labute approximate surface area is 102 Å². The molecule has 90 valence electrons. The molecule has 1 aromatic heterocycles. The summed E-state index contributed by atoms with van der Waals surface area (Å²) in [5.74, 6) is 0.951. The Bertz CT molecular complexity index is 317. The molecule has 0 amide bonds. The standard InChI is InChI=1S/C13H22N2S/c1-3-8-14-12(11-4-5-11)6-7-13-15-10(2)9-16-13/h9,11-12,14H,3-8H2,1-2H3. The maximum atomic E-state index is 4.53. The average molecular weight is 238 g/mol. The topological polar surface area (TPSA) is 24.9 Å². The van der Waals surface area contributed by atoms with Gasteiger partial charge in [0.1, 0.15) is 0 Å². The van der Waals surface area contributed by atoms with Crippen LogP contribution in [0, 0.1) is 12.8 Å². The first kappa shape index (κ1) is 12.1. The summed E-state index contributed by atoms with van der Waals surface area (Å²) in [5, 5.41) is 7.15. The highest BCUT2D eigenvalue weighted by Crippen LogP contribution is 2.34. The Morgan fingerprint density at radius 2 is 2.38 bits per heavy atom. The molecule has 0 aliphatic heterocycles. The smallest absolute Gasteiger partial charge is 0.0928 e. The van der Waals surface area contributed by atoms with Gasteiger partial charge in [-0.1, -0.05) is 6.92 Å². The van der Waals surface area contributed by atoms with Gasteiger partial charge in [0, 0.05) is 23.5 Å². The fraction of sp³-hybridized carbons (Fsp3) is 0.769. The Morgan fingerprint density at radius 1 is 1.56 bits per heavy atom. The first-order valence-corrected chi connectivity index (χ1v) is 7.32. The highest BCUT2D eigenvalue weighted by molar-refractivity contribution is 7.09. The van der Waals surface area contributed by atoms with Crippen molar-refractivity contribution >= 4 is 11.3 Å². The van der Waals surface area contributed by atoms with Gasteiger partial charge in [-0.3, -0.25) is 0 Å². The van der Waals surface area contributed by atoms with Crippen LogP contribution in [0.3, 0.4) is 0 Å². The zero-order valence-corrected chi connectivity index (χ0v) is 11.1. The van der Waals surface area contributed by atoms with E-state index in [4.69, 9.17) is 0 Å². The highest BCUT2D eigenvalue weighted by atomic mass is 32.1. The fourth-order valence-electron chi connectivity index (χ4n) is 2.13. The zero-order valence-electron chi connectivity index (χ0n) is 10.3. The van der Waals surface area contributed by atoms with E-state index in [9.17, 15) is 0 Å². The van der Waals surface area contributed by atoms with Gasteiger partial charge in [0.15, 0.2) is 0 Å². The Hall–Kier alpha value is -0.410. The van der Waals surface area contributed by atoms with Gasteiger partial charge in [0.05, 0.1) is 5.01 Å². The maximum absolute atomic E-state index is 4.53. The second-order valence-corrected chi connectivity index (χ2v) is 5.76. The summed E-state index contributed by atoms with van der Waals surface area (Å²) in [6, 6.07) is 0.740. The molecular formula is C13H22N2S. The van der Waals surface area contributed by atoms with E-state index in [2.05, 4.69) is 29.5 Å². The predicted octanol–water partition coefficient (Wildman–Crippen LogP) is 3.16. The van der Waals surface area contributed by atoms with E-state index in [1.807, 2.05) is 11.3 Å². The molecule has 0 saturated heterocycles. The maximum Gasteiger partial charge on any atom is 0.0928 e. The molecule has 0 aromatic carbocycles. The van der Waals surface area contributed by atoms with Crippen LogP contribution >= 0.6 is 11.3 Å². The van der Waals surface area contributed by atoms with Crippen LogP contribution in [0.15, 0.2) is 5.38 Å². The van der Waals surface area contributed by atoms with Crippen LogP contribution in [0.1, 0.15) is 43.3 Å². The molecule has 1 heterocycles. The molecule has 0 bridgehead atoms. The monoisotopic (exact) mass is 238 g/mol. The number of thiazole rings is 1. The van der Waals surface area contributed by atoms with Crippen molar-refractivity contribution in [1.82, 2.24) is 10.3 Å². The van der Waals surface area contributed by atoms with Crippen molar-refractivity contribution in [3.63, 3.8) is 0 Å². The summed E-state index contributed by atoms with van der Waals surface area (Å²) >= 11 is 1.81. The van der Waals surface area contributed by atoms with Crippen molar-refractivity contribution in [2.45, 2.75) is 52.0 Å². The van der Waals surface area contributed by atoms with E-state index in [0.717, 1.165) is 24.9 Å². The molecule has 1 fully saturated rings. The van der Waals surface area contributed by atoms with E-state index in [-0.39, 0.29) is 0 Å². The third kappa shape index (κ3) is 3.56. The molecule has 2 rings (SSSR count). The minimum absolute atomic E-state index is 0.740.